The van der Waals surface area contributed by atoms with Crippen molar-refractivity contribution < 1.29 is 31.5 Å². The van der Waals surface area contributed by atoms with Crippen molar-refractivity contribution in [2.45, 2.75) is 43.0 Å². The molecule has 0 spiro atoms. The Morgan fingerprint density at radius 1 is 0.974 bits per heavy atom. The van der Waals surface area contributed by atoms with E-state index < -0.39 is 45.0 Å². The number of anilines is 2. The third-order valence-corrected chi connectivity index (χ3v) is 9.92. The highest BCUT2D eigenvalue weighted by molar-refractivity contribution is 7.89. The summed E-state index contributed by atoms with van der Waals surface area (Å²) in [5.41, 5.74) is 0.0678. The zero-order valence-corrected chi connectivity index (χ0v) is 22.6. The van der Waals surface area contributed by atoms with Gasteiger partial charge in [-0.05, 0) is 60.7 Å². The molecule has 1 atom stereocenters. The molecule has 39 heavy (non-hydrogen) atoms. The fourth-order valence-corrected chi connectivity index (χ4v) is 7.55. The lowest BCUT2D eigenvalue weighted by molar-refractivity contribution is 0.0692. The molecule has 0 unspecified atom stereocenters. The molecule has 5 rings (SSSR count). The van der Waals surface area contributed by atoms with Crippen LogP contribution in [0.15, 0.2) is 53.4 Å². The summed E-state index contributed by atoms with van der Waals surface area (Å²) in [7, 11) is -2.64. The predicted octanol–water partition coefficient (Wildman–Crippen LogP) is 6.84. The van der Waals surface area contributed by atoms with Crippen LogP contribution in [0.25, 0.3) is 11.1 Å². The van der Waals surface area contributed by atoms with Crippen molar-refractivity contribution in [2.75, 3.05) is 18.5 Å². The Hall–Kier alpha value is -3.08. The molecule has 3 aromatic carbocycles. The number of rotatable bonds is 4. The van der Waals surface area contributed by atoms with Gasteiger partial charge in [0.15, 0.2) is 0 Å². The third kappa shape index (κ3) is 5.13. The van der Waals surface area contributed by atoms with Gasteiger partial charge in [-0.15, -0.1) is 0 Å². The molecule has 1 saturated carbocycles. The van der Waals surface area contributed by atoms with Gasteiger partial charge in [0.25, 0.3) is 0 Å². The van der Waals surface area contributed by atoms with Crippen LogP contribution in [0, 0.1) is 23.4 Å². The summed E-state index contributed by atoms with van der Waals surface area (Å²) in [6.07, 6.45) is 4.64. The van der Waals surface area contributed by atoms with E-state index in [2.05, 4.69) is 0 Å². The molecule has 1 aliphatic carbocycles. The Morgan fingerprint density at radius 2 is 1.64 bits per heavy atom. The lowest BCUT2D eigenvalue weighted by atomic mass is 9.83. The quantitative estimate of drug-likeness (QED) is 0.367. The number of hydrogen-bond donors (Lipinski definition) is 1. The zero-order valence-electron chi connectivity index (χ0n) is 21.0. The van der Waals surface area contributed by atoms with Crippen LogP contribution in [0.4, 0.5) is 24.5 Å². The maximum absolute atomic E-state index is 14.3. The van der Waals surface area contributed by atoms with Crippen molar-refractivity contribution in [2.24, 2.45) is 5.92 Å². The average Bonchev–Trinajstić information content (AvgIpc) is 2.96. The van der Waals surface area contributed by atoms with E-state index in [1.165, 1.54) is 29.6 Å². The van der Waals surface area contributed by atoms with Gasteiger partial charge in [-0.2, -0.15) is 4.31 Å². The normalized spacial score (nSPS) is 19.9. The SMILES string of the molecule is CN1[C@H](C2CCCCC2)CN(c2cc(F)cc(F)c2)c2cc(Cl)c(-c3ccc(F)c(C(=O)O)c3)cc2S1(=O)=O. The van der Waals surface area contributed by atoms with Gasteiger partial charge in [-0.3, -0.25) is 0 Å². The maximum atomic E-state index is 14.3. The molecule has 1 N–H and O–H groups in total. The topological polar surface area (TPSA) is 77.9 Å². The smallest absolute Gasteiger partial charge is 0.338 e. The molecule has 0 saturated heterocycles. The first-order chi connectivity index (χ1) is 18.5. The second kappa shape index (κ2) is 10.5. The van der Waals surface area contributed by atoms with E-state index in [9.17, 15) is 31.5 Å². The fourth-order valence-electron chi connectivity index (χ4n) is 5.68. The van der Waals surface area contributed by atoms with Gasteiger partial charge in [0, 0.05) is 37.0 Å². The summed E-state index contributed by atoms with van der Waals surface area (Å²) in [4.78, 5) is 12.9. The molecule has 0 bridgehead atoms. The minimum atomic E-state index is -4.14. The minimum absolute atomic E-state index is 0.0407. The molecule has 206 valence electrons. The largest absolute Gasteiger partial charge is 0.478 e. The van der Waals surface area contributed by atoms with Crippen LogP contribution in [-0.4, -0.2) is 43.4 Å². The molecular weight excluding hydrogens is 553 g/mol. The number of nitrogens with zero attached hydrogens (tertiary/aromatic N) is 2. The lowest BCUT2D eigenvalue weighted by Gasteiger charge is -2.36. The van der Waals surface area contributed by atoms with Gasteiger partial charge in [0.2, 0.25) is 10.0 Å². The number of hydrogen-bond acceptors (Lipinski definition) is 4. The number of halogens is 4. The summed E-state index contributed by atoms with van der Waals surface area (Å²) in [5.74, 6) is -4.01. The van der Waals surface area contributed by atoms with E-state index >= 15 is 0 Å². The average molecular weight is 579 g/mol. The standard InChI is InChI=1S/C28H26ClF3N2O4S/c1-33-26(16-5-3-2-4-6-16)15-34(20-11-18(30)10-19(31)12-20)25-14-23(29)21(13-27(25)39(33,37)38)17-7-8-24(32)22(9-17)28(35)36/h7-14,16,26H,2-6,15H2,1H3,(H,35,36)/t26-/m0/s1. The summed E-state index contributed by atoms with van der Waals surface area (Å²) in [6.45, 7) is 0.145. The first-order valence-electron chi connectivity index (χ1n) is 12.6. The second-order valence-corrected chi connectivity index (χ2v) is 12.4. The number of aromatic carboxylic acids is 1. The van der Waals surface area contributed by atoms with Crippen LogP contribution in [0.5, 0.6) is 0 Å². The van der Waals surface area contributed by atoms with E-state index in [0.29, 0.717) is 0 Å². The van der Waals surface area contributed by atoms with Gasteiger partial charge < -0.3 is 10.0 Å². The Kier molecular flexibility index (Phi) is 7.39. The van der Waals surface area contributed by atoms with E-state index in [1.807, 2.05) is 0 Å². The van der Waals surface area contributed by atoms with Crippen molar-refractivity contribution >= 4 is 39.0 Å². The number of carbonyl (C=O) groups is 1. The van der Waals surface area contributed by atoms with Gasteiger partial charge >= 0.3 is 5.97 Å². The van der Waals surface area contributed by atoms with Crippen LogP contribution in [-0.2, 0) is 10.0 Å². The van der Waals surface area contributed by atoms with E-state index in [4.69, 9.17) is 11.6 Å². The van der Waals surface area contributed by atoms with Gasteiger partial charge in [-0.1, -0.05) is 36.9 Å². The molecule has 1 heterocycles. The number of fused-ring (bicyclic) bond motifs is 1. The van der Waals surface area contributed by atoms with Crippen molar-refractivity contribution in [1.29, 1.82) is 0 Å². The monoisotopic (exact) mass is 578 g/mol. The summed E-state index contributed by atoms with van der Waals surface area (Å²) in [5, 5.41) is 9.43. The van der Waals surface area contributed by atoms with Gasteiger partial charge in [0.05, 0.1) is 16.3 Å². The van der Waals surface area contributed by atoms with Crippen LogP contribution >= 0.6 is 11.6 Å². The number of carboxylic acid groups (broad SMARTS) is 1. The molecule has 2 aliphatic rings. The molecule has 6 nitrogen and oxygen atoms in total. The molecule has 0 amide bonds. The highest BCUT2D eigenvalue weighted by atomic mass is 35.5. The number of sulfonamides is 1. The lowest BCUT2D eigenvalue weighted by Crippen LogP contribution is -2.46. The number of carboxylic acids is 1. The van der Waals surface area contributed by atoms with Crippen LogP contribution < -0.4 is 4.90 Å². The molecule has 0 aromatic heterocycles. The number of benzene rings is 3. The Balaban J connectivity index is 1.74. The second-order valence-electron chi connectivity index (χ2n) is 10.0. The Bertz CT molecular complexity index is 1540. The van der Waals surface area contributed by atoms with Gasteiger partial charge in [0.1, 0.15) is 22.3 Å². The van der Waals surface area contributed by atoms with E-state index in [-0.39, 0.29) is 44.9 Å². The van der Waals surface area contributed by atoms with Crippen molar-refractivity contribution in [3.63, 3.8) is 0 Å². The molecule has 1 aliphatic heterocycles. The Labute approximate surface area is 229 Å². The molecule has 11 heteroatoms. The van der Waals surface area contributed by atoms with Crippen LogP contribution in [0.3, 0.4) is 0 Å². The van der Waals surface area contributed by atoms with Crippen molar-refractivity contribution in [3.8, 4) is 11.1 Å². The van der Waals surface area contributed by atoms with Crippen LogP contribution in [0.1, 0.15) is 42.5 Å². The Morgan fingerprint density at radius 3 is 2.28 bits per heavy atom. The van der Waals surface area contributed by atoms with Crippen molar-refractivity contribution in [3.05, 3.63) is 76.6 Å². The first kappa shape index (κ1) is 27.5. The number of likely N-dealkylation sites (N-methyl/N-ethyl adjacent to an activating group) is 1. The van der Waals surface area contributed by atoms with E-state index in [0.717, 1.165) is 62.4 Å². The summed E-state index contributed by atoms with van der Waals surface area (Å²) in [6, 6.07) is 8.63. The van der Waals surface area contributed by atoms with Gasteiger partial charge in [-0.25, -0.2) is 26.4 Å². The molecule has 3 aromatic rings. The highest BCUT2D eigenvalue weighted by Gasteiger charge is 2.41. The summed E-state index contributed by atoms with van der Waals surface area (Å²) < 4.78 is 72.2. The van der Waals surface area contributed by atoms with Crippen molar-refractivity contribution in [1.82, 2.24) is 4.31 Å². The highest BCUT2D eigenvalue weighted by Crippen LogP contribution is 2.45. The molecule has 1 fully saturated rings. The fraction of sp³-hybridized carbons (Fsp3) is 0.321. The zero-order chi connectivity index (χ0) is 28.1. The summed E-state index contributed by atoms with van der Waals surface area (Å²) >= 11 is 6.63. The molecule has 0 radical (unpaired) electrons. The predicted molar refractivity (Wildman–Crippen MR) is 142 cm³/mol. The molecular formula is C28H26ClF3N2O4S. The minimum Gasteiger partial charge on any atom is -0.478 e. The third-order valence-electron chi connectivity index (χ3n) is 7.69. The van der Waals surface area contributed by atoms with E-state index in [1.54, 1.807) is 4.90 Å². The first-order valence-corrected chi connectivity index (χ1v) is 14.4. The maximum Gasteiger partial charge on any atom is 0.338 e. The van der Waals surface area contributed by atoms with Crippen LogP contribution in [0.2, 0.25) is 5.02 Å².